The van der Waals surface area contributed by atoms with Gasteiger partial charge in [0.15, 0.2) is 5.54 Å². The molecule has 16 heavy (non-hydrogen) atoms. The number of hydrogen-bond acceptors (Lipinski definition) is 4. The Balaban J connectivity index is 2.87. The fourth-order valence-corrected chi connectivity index (χ4v) is 1.76. The van der Waals surface area contributed by atoms with Crippen LogP contribution in [0.4, 0.5) is 13.2 Å². The first-order chi connectivity index (χ1) is 7.26. The monoisotopic (exact) mass is 254 g/mol. The van der Waals surface area contributed by atoms with Crippen molar-refractivity contribution in [3.63, 3.8) is 0 Å². The molecule has 90 valence electrons. The highest BCUT2D eigenvalue weighted by atomic mass is 32.1. The molecule has 0 aromatic carbocycles. The number of nitrogens with one attached hydrogen (secondary N) is 1. The number of nitrogens with zero attached hydrogens (tertiary/aromatic N) is 1. The van der Waals surface area contributed by atoms with E-state index in [0.29, 0.717) is 0 Å². The number of carbonyl (C=O) groups is 1. The van der Waals surface area contributed by atoms with E-state index in [1.54, 1.807) is 0 Å². The number of hydrogen-bond donors (Lipinski definition) is 2. The number of aliphatic carboxylic acids is 1. The molecular formula is C8H9F3N2O2S. The molecule has 0 saturated heterocycles. The summed E-state index contributed by atoms with van der Waals surface area (Å²) < 4.78 is 36.1. The number of thiazole rings is 1. The first-order valence-electron chi connectivity index (χ1n) is 4.21. The molecule has 0 aliphatic carbocycles. The Morgan fingerprint density at radius 2 is 2.25 bits per heavy atom. The molecule has 0 aliphatic rings. The predicted octanol–water partition coefficient (Wildman–Crippen LogP) is 1.59. The van der Waals surface area contributed by atoms with E-state index in [9.17, 15) is 18.0 Å². The van der Waals surface area contributed by atoms with Gasteiger partial charge in [0.05, 0.1) is 6.54 Å². The standard InChI is InChI=1S/C8H9F3N2O2S/c1-7(6(14)15,5-12-2-3-16-5)13-4-8(9,10)11/h2-3,13H,4H2,1H3,(H,14,15). The van der Waals surface area contributed by atoms with Crippen LogP contribution < -0.4 is 5.32 Å². The summed E-state index contributed by atoms with van der Waals surface area (Å²) in [5.74, 6) is -1.40. The number of rotatable bonds is 4. The van der Waals surface area contributed by atoms with Gasteiger partial charge in [0, 0.05) is 11.6 Å². The van der Waals surface area contributed by atoms with Crippen LogP contribution in [0.3, 0.4) is 0 Å². The first kappa shape index (κ1) is 12.9. The van der Waals surface area contributed by atoms with Crippen molar-refractivity contribution < 1.29 is 23.1 Å². The summed E-state index contributed by atoms with van der Waals surface area (Å²) in [6, 6.07) is 0. The van der Waals surface area contributed by atoms with Gasteiger partial charge in [-0.2, -0.15) is 13.2 Å². The molecule has 0 fully saturated rings. The highest BCUT2D eigenvalue weighted by Crippen LogP contribution is 2.25. The number of carboxylic acid groups (broad SMARTS) is 1. The number of aromatic nitrogens is 1. The van der Waals surface area contributed by atoms with Crippen LogP contribution in [0.2, 0.25) is 0 Å². The molecule has 0 radical (unpaired) electrons. The van der Waals surface area contributed by atoms with Gasteiger partial charge in [-0.1, -0.05) is 0 Å². The maximum atomic E-state index is 12.0. The predicted molar refractivity (Wildman–Crippen MR) is 51.2 cm³/mol. The second-order valence-electron chi connectivity index (χ2n) is 3.24. The number of carboxylic acids is 1. The molecule has 0 saturated carbocycles. The fraction of sp³-hybridized carbons (Fsp3) is 0.500. The minimum atomic E-state index is -4.46. The third-order valence-corrected chi connectivity index (χ3v) is 2.92. The minimum Gasteiger partial charge on any atom is -0.480 e. The molecule has 0 aliphatic heterocycles. The molecule has 1 aromatic heterocycles. The van der Waals surface area contributed by atoms with Crippen molar-refractivity contribution in [2.45, 2.75) is 18.6 Å². The van der Waals surface area contributed by atoms with Gasteiger partial charge in [-0.15, -0.1) is 11.3 Å². The number of alkyl halides is 3. The zero-order valence-electron chi connectivity index (χ0n) is 8.21. The molecule has 1 heterocycles. The van der Waals surface area contributed by atoms with E-state index in [2.05, 4.69) is 4.98 Å². The van der Waals surface area contributed by atoms with Gasteiger partial charge in [-0.3, -0.25) is 5.32 Å². The highest BCUT2D eigenvalue weighted by Gasteiger charge is 2.41. The topological polar surface area (TPSA) is 62.2 Å². The van der Waals surface area contributed by atoms with E-state index in [-0.39, 0.29) is 5.01 Å². The summed E-state index contributed by atoms with van der Waals surface area (Å²) in [5.41, 5.74) is -1.82. The quantitative estimate of drug-likeness (QED) is 0.856. The zero-order valence-corrected chi connectivity index (χ0v) is 9.02. The van der Waals surface area contributed by atoms with Crippen LogP contribution in [0.1, 0.15) is 11.9 Å². The molecule has 0 spiro atoms. The van der Waals surface area contributed by atoms with Crippen molar-refractivity contribution in [3.05, 3.63) is 16.6 Å². The molecule has 1 atom stereocenters. The third kappa shape index (κ3) is 2.92. The Kier molecular flexibility index (Phi) is 3.54. The van der Waals surface area contributed by atoms with Gasteiger partial charge in [0.1, 0.15) is 5.01 Å². The highest BCUT2D eigenvalue weighted by molar-refractivity contribution is 7.09. The number of halogens is 3. The normalized spacial score (nSPS) is 15.8. The molecule has 0 amide bonds. The fourth-order valence-electron chi connectivity index (χ4n) is 0.990. The molecule has 2 N–H and O–H groups in total. The lowest BCUT2D eigenvalue weighted by atomic mass is 10.0. The second-order valence-corrected chi connectivity index (χ2v) is 4.13. The van der Waals surface area contributed by atoms with Gasteiger partial charge in [0.25, 0.3) is 0 Å². The van der Waals surface area contributed by atoms with Gasteiger partial charge >= 0.3 is 12.1 Å². The SMILES string of the molecule is CC(NCC(F)(F)F)(C(=O)O)c1nccs1. The second kappa shape index (κ2) is 4.38. The molecule has 1 rings (SSSR count). The Morgan fingerprint density at radius 1 is 1.62 bits per heavy atom. The lowest BCUT2D eigenvalue weighted by molar-refractivity contribution is -0.150. The van der Waals surface area contributed by atoms with Crippen molar-refractivity contribution in [2.24, 2.45) is 0 Å². The van der Waals surface area contributed by atoms with E-state index in [1.807, 2.05) is 5.32 Å². The Labute approximate surface area is 93.1 Å². The van der Waals surface area contributed by atoms with Crippen molar-refractivity contribution in [2.75, 3.05) is 6.54 Å². The maximum absolute atomic E-state index is 12.0. The van der Waals surface area contributed by atoms with Crippen molar-refractivity contribution in [3.8, 4) is 0 Å². The van der Waals surface area contributed by atoms with Crippen LogP contribution in [0.15, 0.2) is 11.6 Å². The molecule has 1 aromatic rings. The van der Waals surface area contributed by atoms with Gasteiger partial charge in [0.2, 0.25) is 0 Å². The summed E-state index contributed by atoms with van der Waals surface area (Å²) in [5, 5.41) is 12.5. The van der Waals surface area contributed by atoms with E-state index < -0.39 is 24.2 Å². The summed E-state index contributed by atoms with van der Waals surface area (Å²) in [6.07, 6.45) is -3.12. The summed E-state index contributed by atoms with van der Waals surface area (Å²) in [6.45, 7) is -0.227. The first-order valence-corrected chi connectivity index (χ1v) is 5.09. The summed E-state index contributed by atoms with van der Waals surface area (Å²) in [4.78, 5) is 14.7. The lowest BCUT2D eigenvalue weighted by Crippen LogP contribution is -2.50. The molecule has 0 bridgehead atoms. The average molecular weight is 254 g/mol. The maximum Gasteiger partial charge on any atom is 0.401 e. The Hall–Kier alpha value is -1.15. The zero-order chi connectivity index (χ0) is 12.4. The van der Waals surface area contributed by atoms with Gasteiger partial charge < -0.3 is 5.11 Å². The van der Waals surface area contributed by atoms with Crippen LogP contribution in [0.25, 0.3) is 0 Å². The Bertz CT molecular complexity index is 366. The van der Waals surface area contributed by atoms with Crippen LogP contribution in [-0.4, -0.2) is 28.8 Å². The Morgan fingerprint density at radius 3 is 2.62 bits per heavy atom. The third-order valence-electron chi connectivity index (χ3n) is 1.93. The molecule has 8 heteroatoms. The molecule has 1 unspecified atom stereocenters. The molecular weight excluding hydrogens is 245 g/mol. The van der Waals surface area contributed by atoms with Crippen molar-refractivity contribution in [1.82, 2.24) is 10.3 Å². The largest absolute Gasteiger partial charge is 0.480 e. The van der Waals surface area contributed by atoms with Crippen LogP contribution in [0, 0.1) is 0 Å². The average Bonchev–Trinajstić information content (AvgIpc) is 2.65. The van der Waals surface area contributed by atoms with E-state index in [4.69, 9.17) is 5.11 Å². The summed E-state index contributed by atoms with van der Waals surface area (Å²) >= 11 is 0.987. The van der Waals surface area contributed by atoms with Gasteiger partial charge in [-0.25, -0.2) is 9.78 Å². The van der Waals surface area contributed by atoms with Crippen molar-refractivity contribution in [1.29, 1.82) is 0 Å². The van der Waals surface area contributed by atoms with Crippen LogP contribution in [0.5, 0.6) is 0 Å². The smallest absolute Gasteiger partial charge is 0.401 e. The van der Waals surface area contributed by atoms with Crippen LogP contribution >= 0.6 is 11.3 Å². The van der Waals surface area contributed by atoms with Gasteiger partial charge in [-0.05, 0) is 6.92 Å². The van der Waals surface area contributed by atoms with E-state index in [0.717, 1.165) is 18.3 Å². The molecule has 4 nitrogen and oxygen atoms in total. The van der Waals surface area contributed by atoms with E-state index >= 15 is 0 Å². The minimum absolute atomic E-state index is 0.0873. The lowest BCUT2D eigenvalue weighted by Gasteiger charge is -2.24. The van der Waals surface area contributed by atoms with Crippen molar-refractivity contribution >= 4 is 17.3 Å². The van der Waals surface area contributed by atoms with Crippen LogP contribution in [-0.2, 0) is 10.3 Å². The summed E-state index contributed by atoms with van der Waals surface area (Å²) in [7, 11) is 0. The van der Waals surface area contributed by atoms with E-state index in [1.165, 1.54) is 11.6 Å².